The van der Waals surface area contributed by atoms with Gasteiger partial charge in [-0.1, -0.05) is 18.2 Å². The number of hydrogen-bond donors (Lipinski definition) is 5. The highest BCUT2D eigenvalue weighted by molar-refractivity contribution is 5.93. The first-order valence-electron chi connectivity index (χ1n) is 6.38. The van der Waals surface area contributed by atoms with Gasteiger partial charge in [0, 0.05) is 11.8 Å². The van der Waals surface area contributed by atoms with Gasteiger partial charge in [0.15, 0.2) is 11.6 Å². The molecular formula is C14H20N6O2. The molecule has 0 aliphatic rings. The predicted octanol–water partition coefficient (Wildman–Crippen LogP) is 0.421. The molecule has 2 aromatic rings. The van der Waals surface area contributed by atoms with E-state index in [0.717, 1.165) is 5.69 Å². The molecule has 0 saturated carbocycles. The molecule has 9 N–H and O–H groups in total. The molecular weight excluding hydrogens is 284 g/mol. The number of pyridine rings is 1. The Bertz CT molecular complexity index is 618. The molecule has 2 rings (SSSR count). The van der Waals surface area contributed by atoms with Gasteiger partial charge in [-0.25, -0.2) is 4.98 Å². The van der Waals surface area contributed by atoms with Crippen LogP contribution in [0.15, 0.2) is 36.4 Å². The predicted molar refractivity (Wildman–Crippen MR) is 88.2 cm³/mol. The van der Waals surface area contributed by atoms with Crippen molar-refractivity contribution in [3.63, 3.8) is 0 Å². The van der Waals surface area contributed by atoms with E-state index in [9.17, 15) is 4.79 Å². The lowest BCUT2D eigenvalue weighted by molar-refractivity contribution is -0.114. The Morgan fingerprint density at radius 2 is 1.86 bits per heavy atom. The van der Waals surface area contributed by atoms with Crippen LogP contribution < -0.4 is 33.0 Å². The summed E-state index contributed by atoms with van der Waals surface area (Å²) in [6.45, 7) is -0.144. The molecule has 0 radical (unpaired) electrons. The smallest absolute Gasteiger partial charge is 0.239 e. The molecule has 0 fully saturated rings. The SMILES string of the molecule is COc1cc(N)c(N)nc1NC(=O)CN.Nc1ccccc1. The van der Waals surface area contributed by atoms with Crippen molar-refractivity contribution in [2.75, 3.05) is 36.2 Å². The third-order valence-electron chi connectivity index (χ3n) is 2.51. The second-order valence-corrected chi connectivity index (χ2v) is 4.18. The van der Waals surface area contributed by atoms with Crippen molar-refractivity contribution in [2.24, 2.45) is 5.73 Å². The van der Waals surface area contributed by atoms with Crippen LogP contribution in [0.4, 0.5) is 23.0 Å². The number of nitrogens with zero attached hydrogens (tertiary/aromatic N) is 1. The number of ether oxygens (including phenoxy) is 1. The average molecular weight is 304 g/mol. The summed E-state index contributed by atoms with van der Waals surface area (Å²) >= 11 is 0. The molecule has 8 nitrogen and oxygen atoms in total. The lowest BCUT2D eigenvalue weighted by atomic mass is 10.3. The number of aromatic nitrogens is 1. The van der Waals surface area contributed by atoms with Crippen LogP contribution in [-0.2, 0) is 4.79 Å². The number of nitrogen functional groups attached to an aromatic ring is 3. The maximum atomic E-state index is 11.0. The van der Waals surface area contributed by atoms with Gasteiger partial charge in [-0.2, -0.15) is 0 Å². The van der Waals surface area contributed by atoms with Crippen LogP contribution in [0.5, 0.6) is 5.75 Å². The average Bonchev–Trinajstić information content (AvgIpc) is 2.52. The van der Waals surface area contributed by atoms with Crippen molar-refractivity contribution in [2.45, 2.75) is 0 Å². The minimum Gasteiger partial charge on any atom is -0.493 e. The summed E-state index contributed by atoms with van der Waals surface area (Å²) in [6, 6.07) is 11.0. The zero-order valence-corrected chi connectivity index (χ0v) is 12.2. The molecule has 0 unspecified atom stereocenters. The van der Waals surface area contributed by atoms with Gasteiger partial charge in [0.2, 0.25) is 5.91 Å². The molecule has 118 valence electrons. The van der Waals surface area contributed by atoms with E-state index in [-0.39, 0.29) is 29.8 Å². The fourth-order valence-electron chi connectivity index (χ4n) is 1.40. The normalized spacial score (nSPS) is 9.36. The van der Waals surface area contributed by atoms with Crippen LogP contribution in [0.25, 0.3) is 0 Å². The fraction of sp³-hybridized carbons (Fsp3) is 0.143. The zero-order valence-electron chi connectivity index (χ0n) is 12.2. The topological polar surface area (TPSA) is 155 Å². The molecule has 1 aromatic carbocycles. The maximum absolute atomic E-state index is 11.0. The number of hydrogen-bond acceptors (Lipinski definition) is 7. The van der Waals surface area contributed by atoms with Gasteiger partial charge in [-0.05, 0) is 12.1 Å². The number of nitrogens with two attached hydrogens (primary N) is 4. The Hall–Kier alpha value is -3.00. The summed E-state index contributed by atoms with van der Waals surface area (Å²) in [7, 11) is 1.44. The first-order chi connectivity index (χ1) is 10.5. The van der Waals surface area contributed by atoms with E-state index >= 15 is 0 Å². The number of para-hydroxylation sites is 1. The van der Waals surface area contributed by atoms with Gasteiger partial charge in [-0.15, -0.1) is 0 Å². The summed E-state index contributed by atoms with van der Waals surface area (Å²) in [6.07, 6.45) is 0. The summed E-state index contributed by atoms with van der Waals surface area (Å²) in [5.74, 6) is 0.288. The van der Waals surface area contributed by atoms with E-state index in [1.807, 2.05) is 30.3 Å². The van der Waals surface area contributed by atoms with E-state index in [1.54, 1.807) is 0 Å². The largest absolute Gasteiger partial charge is 0.493 e. The number of carbonyl (C=O) groups is 1. The van der Waals surface area contributed by atoms with Gasteiger partial charge in [-0.3, -0.25) is 4.79 Å². The molecule has 0 aliphatic carbocycles. The van der Waals surface area contributed by atoms with Crippen LogP contribution in [0.3, 0.4) is 0 Å². The number of carbonyl (C=O) groups excluding carboxylic acids is 1. The first-order valence-corrected chi connectivity index (χ1v) is 6.38. The Kier molecular flexibility index (Phi) is 6.45. The van der Waals surface area contributed by atoms with E-state index in [4.69, 9.17) is 27.7 Å². The van der Waals surface area contributed by atoms with Crippen LogP contribution in [0, 0.1) is 0 Å². The summed E-state index contributed by atoms with van der Waals surface area (Å²) in [5, 5.41) is 2.44. The molecule has 0 atom stereocenters. The number of benzene rings is 1. The fourth-order valence-corrected chi connectivity index (χ4v) is 1.40. The number of anilines is 4. The molecule has 0 spiro atoms. The lowest BCUT2D eigenvalue weighted by Gasteiger charge is -2.10. The van der Waals surface area contributed by atoms with Crippen LogP contribution >= 0.6 is 0 Å². The van der Waals surface area contributed by atoms with Crippen molar-refractivity contribution in [1.29, 1.82) is 0 Å². The quantitative estimate of drug-likeness (QED) is 0.514. The van der Waals surface area contributed by atoms with Crippen molar-refractivity contribution >= 4 is 28.9 Å². The van der Waals surface area contributed by atoms with Crippen LogP contribution in [-0.4, -0.2) is 24.5 Å². The van der Waals surface area contributed by atoms with Gasteiger partial charge in [0.1, 0.15) is 5.82 Å². The summed E-state index contributed by atoms with van der Waals surface area (Å²) in [5.41, 5.74) is 22.6. The summed E-state index contributed by atoms with van der Waals surface area (Å²) < 4.78 is 4.97. The van der Waals surface area contributed by atoms with Gasteiger partial charge < -0.3 is 33.0 Å². The molecule has 0 aliphatic heterocycles. The highest BCUT2D eigenvalue weighted by Crippen LogP contribution is 2.27. The van der Waals surface area contributed by atoms with E-state index in [0.29, 0.717) is 5.75 Å². The van der Waals surface area contributed by atoms with E-state index in [2.05, 4.69) is 10.3 Å². The maximum Gasteiger partial charge on any atom is 0.239 e. The van der Waals surface area contributed by atoms with Crippen molar-refractivity contribution < 1.29 is 9.53 Å². The zero-order chi connectivity index (χ0) is 16.5. The monoisotopic (exact) mass is 304 g/mol. The molecule has 22 heavy (non-hydrogen) atoms. The number of methoxy groups -OCH3 is 1. The van der Waals surface area contributed by atoms with Crippen LogP contribution in [0.2, 0.25) is 0 Å². The Morgan fingerprint density at radius 1 is 1.23 bits per heavy atom. The second-order valence-electron chi connectivity index (χ2n) is 4.18. The van der Waals surface area contributed by atoms with Crippen molar-refractivity contribution in [1.82, 2.24) is 4.98 Å². The van der Waals surface area contributed by atoms with Crippen LogP contribution in [0.1, 0.15) is 0 Å². The molecule has 1 heterocycles. The van der Waals surface area contributed by atoms with Gasteiger partial charge in [0.05, 0.1) is 19.3 Å². The standard InChI is InChI=1S/C8H13N5O2.C6H7N/c1-15-5-2-4(10)7(11)13-8(5)12-6(14)3-9;7-6-4-2-1-3-5-6/h2H,3,9-10H2,1H3,(H3,11,12,13,14);1-5H,7H2. The minimum atomic E-state index is -0.384. The number of nitrogens with one attached hydrogen (secondary N) is 1. The Morgan fingerprint density at radius 3 is 2.32 bits per heavy atom. The lowest BCUT2D eigenvalue weighted by Crippen LogP contribution is -2.23. The second kappa shape index (κ2) is 8.32. The molecule has 8 heteroatoms. The first kappa shape index (κ1) is 17.1. The number of rotatable bonds is 3. The summed E-state index contributed by atoms with van der Waals surface area (Å²) in [4.78, 5) is 14.9. The molecule has 0 bridgehead atoms. The molecule has 1 amide bonds. The molecule has 1 aromatic heterocycles. The Labute approximate surface area is 128 Å². The van der Waals surface area contributed by atoms with Gasteiger partial charge >= 0.3 is 0 Å². The minimum absolute atomic E-state index is 0.128. The molecule has 0 saturated heterocycles. The van der Waals surface area contributed by atoms with Gasteiger partial charge in [0.25, 0.3) is 0 Å². The highest BCUT2D eigenvalue weighted by Gasteiger charge is 2.10. The number of amides is 1. The van der Waals surface area contributed by atoms with Crippen molar-refractivity contribution in [3.05, 3.63) is 36.4 Å². The highest BCUT2D eigenvalue weighted by atomic mass is 16.5. The van der Waals surface area contributed by atoms with E-state index < -0.39 is 0 Å². The van der Waals surface area contributed by atoms with Crippen molar-refractivity contribution in [3.8, 4) is 5.75 Å². The third kappa shape index (κ3) is 5.17. The van der Waals surface area contributed by atoms with E-state index in [1.165, 1.54) is 13.2 Å². The Balaban J connectivity index is 0.000000287. The third-order valence-corrected chi connectivity index (χ3v) is 2.51.